The van der Waals surface area contributed by atoms with Crippen molar-refractivity contribution in [1.82, 2.24) is 19.8 Å². The maximum Gasteiger partial charge on any atom is 0.335 e. The SMILES string of the molecule is CCCCc1ncc(C=C2C(=O)NC(=O)N2Cc2ccccc2)n1Cc1ccc(C(=O)O)cc1. The Morgan fingerprint density at radius 3 is 2.41 bits per heavy atom. The molecule has 0 aliphatic carbocycles. The molecule has 0 saturated carbocycles. The molecule has 4 rings (SSSR count). The summed E-state index contributed by atoms with van der Waals surface area (Å²) in [5.41, 5.74) is 3.01. The van der Waals surface area contributed by atoms with Crippen LogP contribution in [0.25, 0.3) is 6.08 Å². The number of aromatic nitrogens is 2. The monoisotopic (exact) mass is 458 g/mol. The first kappa shape index (κ1) is 23.0. The second kappa shape index (κ2) is 10.2. The summed E-state index contributed by atoms with van der Waals surface area (Å²) < 4.78 is 2.01. The third-order valence-electron chi connectivity index (χ3n) is 5.72. The molecule has 2 heterocycles. The van der Waals surface area contributed by atoms with Gasteiger partial charge in [0.2, 0.25) is 0 Å². The number of aryl methyl sites for hydroxylation is 1. The van der Waals surface area contributed by atoms with Crippen molar-refractivity contribution in [2.75, 3.05) is 0 Å². The van der Waals surface area contributed by atoms with Gasteiger partial charge in [-0.1, -0.05) is 55.8 Å². The van der Waals surface area contributed by atoms with Crippen molar-refractivity contribution in [1.29, 1.82) is 0 Å². The van der Waals surface area contributed by atoms with E-state index in [1.54, 1.807) is 36.5 Å². The second-order valence-corrected chi connectivity index (χ2v) is 8.15. The average molecular weight is 459 g/mol. The van der Waals surface area contributed by atoms with Crippen molar-refractivity contribution in [2.45, 2.75) is 39.3 Å². The molecule has 174 valence electrons. The largest absolute Gasteiger partial charge is 0.478 e. The summed E-state index contributed by atoms with van der Waals surface area (Å²) in [6, 6.07) is 15.7. The van der Waals surface area contributed by atoms with Gasteiger partial charge in [0.05, 0.1) is 24.0 Å². The molecule has 1 fully saturated rings. The van der Waals surface area contributed by atoms with Crippen LogP contribution in [0.1, 0.15) is 52.8 Å². The number of imidazole rings is 1. The summed E-state index contributed by atoms with van der Waals surface area (Å²) >= 11 is 0. The first-order valence-corrected chi connectivity index (χ1v) is 11.2. The van der Waals surface area contributed by atoms with Gasteiger partial charge < -0.3 is 9.67 Å². The second-order valence-electron chi connectivity index (χ2n) is 8.15. The predicted molar refractivity (Wildman–Crippen MR) is 127 cm³/mol. The van der Waals surface area contributed by atoms with Crippen molar-refractivity contribution in [2.24, 2.45) is 0 Å². The number of hydrogen-bond acceptors (Lipinski definition) is 4. The third kappa shape index (κ3) is 5.06. The zero-order valence-electron chi connectivity index (χ0n) is 18.9. The summed E-state index contributed by atoms with van der Waals surface area (Å²) in [5.74, 6) is -0.552. The Balaban J connectivity index is 1.68. The molecule has 1 aliphatic heterocycles. The van der Waals surface area contributed by atoms with Crippen molar-refractivity contribution in [3.63, 3.8) is 0 Å². The van der Waals surface area contributed by atoms with E-state index in [2.05, 4.69) is 17.2 Å². The lowest BCUT2D eigenvalue weighted by molar-refractivity contribution is -0.116. The standard InChI is InChI=1S/C26H26N4O4/c1-2-3-9-23-27-15-21(29(23)16-19-10-12-20(13-11-19)25(32)33)14-22-24(31)28-26(34)30(22)17-18-7-5-4-6-8-18/h4-8,10-15H,2-3,9,16-17H2,1H3,(H,32,33)(H,28,31,34). The van der Waals surface area contributed by atoms with Crippen LogP contribution in [0.2, 0.25) is 0 Å². The number of carboxylic acid groups (broad SMARTS) is 1. The number of hydrogen-bond donors (Lipinski definition) is 2. The number of imide groups is 1. The summed E-state index contributed by atoms with van der Waals surface area (Å²) in [7, 11) is 0. The third-order valence-corrected chi connectivity index (χ3v) is 5.72. The fourth-order valence-electron chi connectivity index (χ4n) is 3.86. The molecule has 0 radical (unpaired) electrons. The smallest absolute Gasteiger partial charge is 0.335 e. The van der Waals surface area contributed by atoms with Gasteiger partial charge in [0.15, 0.2) is 0 Å². The Hall–Kier alpha value is -4.20. The average Bonchev–Trinajstić information content (AvgIpc) is 3.33. The highest BCUT2D eigenvalue weighted by Gasteiger charge is 2.33. The molecule has 1 aromatic heterocycles. The molecular weight excluding hydrogens is 432 g/mol. The Bertz CT molecular complexity index is 1230. The highest BCUT2D eigenvalue weighted by molar-refractivity contribution is 6.13. The molecule has 0 atom stereocenters. The Labute approximate surface area is 197 Å². The fraction of sp³-hybridized carbons (Fsp3) is 0.231. The maximum atomic E-state index is 12.6. The molecule has 1 aliphatic rings. The minimum atomic E-state index is -0.973. The van der Waals surface area contributed by atoms with Crippen LogP contribution in [0.3, 0.4) is 0 Å². The van der Waals surface area contributed by atoms with Gasteiger partial charge in [-0.05, 0) is 35.8 Å². The maximum absolute atomic E-state index is 12.6. The van der Waals surface area contributed by atoms with E-state index in [-0.39, 0.29) is 17.8 Å². The highest BCUT2D eigenvalue weighted by atomic mass is 16.4. The lowest BCUT2D eigenvalue weighted by Crippen LogP contribution is -2.27. The van der Waals surface area contributed by atoms with Crippen LogP contribution in [-0.2, 0) is 24.3 Å². The van der Waals surface area contributed by atoms with Crippen LogP contribution < -0.4 is 5.32 Å². The predicted octanol–water partition coefficient (Wildman–Crippen LogP) is 4.07. The van der Waals surface area contributed by atoms with E-state index >= 15 is 0 Å². The number of carboxylic acids is 1. The summed E-state index contributed by atoms with van der Waals surface area (Å²) in [6.45, 7) is 2.85. The number of urea groups is 1. The van der Waals surface area contributed by atoms with Gasteiger partial charge >= 0.3 is 12.0 Å². The number of nitrogens with zero attached hydrogens (tertiary/aromatic N) is 3. The number of carbonyl (C=O) groups excluding carboxylic acids is 2. The minimum absolute atomic E-state index is 0.223. The van der Waals surface area contributed by atoms with E-state index in [9.17, 15) is 14.4 Å². The lowest BCUT2D eigenvalue weighted by Gasteiger charge is -2.16. The van der Waals surface area contributed by atoms with Gasteiger partial charge in [0.25, 0.3) is 5.91 Å². The number of nitrogens with one attached hydrogen (secondary N) is 1. The molecule has 3 amide bonds. The van der Waals surface area contributed by atoms with Crippen LogP contribution in [-0.4, -0.2) is 37.5 Å². The fourth-order valence-corrected chi connectivity index (χ4v) is 3.86. The Morgan fingerprint density at radius 1 is 1.03 bits per heavy atom. The minimum Gasteiger partial charge on any atom is -0.478 e. The molecular formula is C26H26N4O4. The molecule has 8 nitrogen and oxygen atoms in total. The summed E-state index contributed by atoms with van der Waals surface area (Å²) in [5, 5.41) is 11.5. The Morgan fingerprint density at radius 2 is 1.74 bits per heavy atom. The van der Waals surface area contributed by atoms with E-state index in [0.29, 0.717) is 12.2 Å². The summed E-state index contributed by atoms with van der Waals surface area (Å²) in [4.78, 5) is 42.3. The quantitative estimate of drug-likeness (QED) is 0.372. The first-order valence-electron chi connectivity index (χ1n) is 11.2. The molecule has 0 spiro atoms. The normalized spacial score (nSPS) is 14.6. The molecule has 0 bridgehead atoms. The van der Waals surface area contributed by atoms with Crippen molar-refractivity contribution in [3.8, 4) is 0 Å². The molecule has 2 N–H and O–H groups in total. The molecule has 2 aromatic carbocycles. The zero-order chi connectivity index (χ0) is 24.1. The van der Waals surface area contributed by atoms with Crippen LogP contribution in [0, 0.1) is 0 Å². The van der Waals surface area contributed by atoms with Gasteiger partial charge in [0, 0.05) is 13.0 Å². The molecule has 0 unspecified atom stereocenters. The summed E-state index contributed by atoms with van der Waals surface area (Å²) in [6.07, 6.45) is 6.14. The van der Waals surface area contributed by atoms with Gasteiger partial charge in [-0.15, -0.1) is 0 Å². The number of aromatic carboxylic acids is 1. The van der Waals surface area contributed by atoms with Crippen molar-refractivity contribution in [3.05, 3.63) is 94.7 Å². The van der Waals surface area contributed by atoms with E-state index in [1.165, 1.54) is 4.90 Å². The zero-order valence-corrected chi connectivity index (χ0v) is 18.9. The number of rotatable bonds is 9. The van der Waals surface area contributed by atoms with Crippen LogP contribution >= 0.6 is 0 Å². The number of unbranched alkanes of at least 4 members (excludes halogenated alkanes) is 1. The number of benzene rings is 2. The van der Waals surface area contributed by atoms with Gasteiger partial charge in [-0.2, -0.15) is 0 Å². The van der Waals surface area contributed by atoms with Crippen LogP contribution in [0.15, 0.2) is 66.5 Å². The van der Waals surface area contributed by atoms with Crippen molar-refractivity contribution < 1.29 is 19.5 Å². The molecule has 34 heavy (non-hydrogen) atoms. The van der Waals surface area contributed by atoms with E-state index in [1.807, 2.05) is 34.9 Å². The van der Waals surface area contributed by atoms with Gasteiger partial charge in [-0.25, -0.2) is 14.6 Å². The number of amides is 3. The van der Waals surface area contributed by atoms with Gasteiger partial charge in [-0.3, -0.25) is 15.0 Å². The lowest BCUT2D eigenvalue weighted by atomic mass is 10.1. The van der Waals surface area contributed by atoms with E-state index in [4.69, 9.17) is 5.11 Å². The molecule has 8 heteroatoms. The highest BCUT2D eigenvalue weighted by Crippen LogP contribution is 2.22. The van der Waals surface area contributed by atoms with Crippen LogP contribution in [0.4, 0.5) is 4.79 Å². The number of carbonyl (C=O) groups is 3. The molecule has 1 saturated heterocycles. The molecule has 3 aromatic rings. The topological polar surface area (TPSA) is 105 Å². The van der Waals surface area contributed by atoms with Gasteiger partial charge in [0.1, 0.15) is 11.5 Å². The van der Waals surface area contributed by atoms with Crippen LogP contribution in [0.5, 0.6) is 0 Å². The van der Waals surface area contributed by atoms with E-state index in [0.717, 1.165) is 36.2 Å². The Kier molecular flexibility index (Phi) is 6.87. The van der Waals surface area contributed by atoms with Crippen molar-refractivity contribution >= 4 is 24.0 Å². The van der Waals surface area contributed by atoms with E-state index < -0.39 is 17.9 Å². The first-order chi connectivity index (χ1) is 16.5.